The maximum atomic E-state index is 5.96. The van der Waals surface area contributed by atoms with E-state index in [1.807, 2.05) is 6.07 Å². The van der Waals surface area contributed by atoms with Crippen molar-refractivity contribution < 1.29 is 0 Å². The topological polar surface area (TPSA) is 12.9 Å². The SMILES string of the molecule is CCCCC(C)(CCC)c1cc(Cl)sn1. The van der Waals surface area contributed by atoms with Gasteiger partial charge in [0.25, 0.3) is 0 Å². The third kappa shape index (κ3) is 3.46. The molecule has 0 amide bonds. The van der Waals surface area contributed by atoms with Crippen molar-refractivity contribution in [1.29, 1.82) is 0 Å². The Bertz CT molecular complexity index is 298. The van der Waals surface area contributed by atoms with E-state index in [2.05, 4.69) is 25.1 Å². The van der Waals surface area contributed by atoms with Crippen molar-refractivity contribution in [1.82, 2.24) is 4.37 Å². The van der Waals surface area contributed by atoms with Gasteiger partial charge >= 0.3 is 0 Å². The van der Waals surface area contributed by atoms with Gasteiger partial charge < -0.3 is 0 Å². The fraction of sp³-hybridized carbons (Fsp3) is 0.750. The minimum Gasteiger partial charge on any atom is -0.196 e. The standard InChI is InChI=1S/C12H20ClNS/c1-4-6-8-12(3,7-5-2)10-9-11(13)15-14-10/h9H,4-8H2,1-3H3. The van der Waals surface area contributed by atoms with Gasteiger partial charge in [-0.2, -0.15) is 4.37 Å². The Morgan fingerprint density at radius 1 is 1.33 bits per heavy atom. The van der Waals surface area contributed by atoms with Crippen LogP contribution in [0.5, 0.6) is 0 Å². The van der Waals surface area contributed by atoms with Gasteiger partial charge in [-0.3, -0.25) is 0 Å². The van der Waals surface area contributed by atoms with Crippen LogP contribution in [0.25, 0.3) is 0 Å². The summed E-state index contributed by atoms with van der Waals surface area (Å²) in [6, 6.07) is 2.04. The van der Waals surface area contributed by atoms with E-state index in [1.165, 1.54) is 49.3 Å². The second-order valence-electron chi connectivity index (χ2n) is 4.43. The number of nitrogens with zero attached hydrogens (tertiary/aromatic N) is 1. The summed E-state index contributed by atoms with van der Waals surface area (Å²) in [5.74, 6) is 0. The van der Waals surface area contributed by atoms with Gasteiger partial charge in [0.2, 0.25) is 0 Å². The summed E-state index contributed by atoms with van der Waals surface area (Å²) < 4.78 is 5.28. The molecular weight excluding hydrogens is 226 g/mol. The Balaban J connectivity index is 2.79. The summed E-state index contributed by atoms with van der Waals surface area (Å²) >= 11 is 7.36. The number of hydrogen-bond donors (Lipinski definition) is 0. The highest BCUT2D eigenvalue weighted by Gasteiger charge is 2.27. The van der Waals surface area contributed by atoms with Crippen LogP contribution in [0.1, 0.15) is 58.6 Å². The molecule has 0 saturated carbocycles. The zero-order chi connectivity index (χ0) is 11.3. The van der Waals surface area contributed by atoms with E-state index < -0.39 is 0 Å². The molecule has 0 aliphatic heterocycles. The number of aromatic nitrogens is 1. The summed E-state index contributed by atoms with van der Waals surface area (Å²) in [5, 5.41) is 0. The van der Waals surface area contributed by atoms with Gasteiger partial charge in [0.1, 0.15) is 4.34 Å². The first-order chi connectivity index (χ1) is 7.12. The molecular formula is C12H20ClNS. The second kappa shape index (κ2) is 5.86. The molecule has 15 heavy (non-hydrogen) atoms. The minimum absolute atomic E-state index is 0.231. The quantitative estimate of drug-likeness (QED) is 0.684. The lowest BCUT2D eigenvalue weighted by atomic mass is 9.78. The maximum absolute atomic E-state index is 5.96. The van der Waals surface area contributed by atoms with Crippen LogP contribution < -0.4 is 0 Å². The normalized spacial score (nSPS) is 15.2. The van der Waals surface area contributed by atoms with Gasteiger partial charge in [0.05, 0.1) is 5.69 Å². The molecule has 0 aliphatic rings. The Kier molecular flexibility index (Phi) is 5.07. The van der Waals surface area contributed by atoms with E-state index in [9.17, 15) is 0 Å². The van der Waals surface area contributed by atoms with Crippen LogP contribution in [0.2, 0.25) is 4.34 Å². The van der Waals surface area contributed by atoms with Crippen LogP contribution in [0.15, 0.2) is 6.07 Å². The molecule has 1 heterocycles. The Morgan fingerprint density at radius 2 is 2.07 bits per heavy atom. The zero-order valence-corrected chi connectivity index (χ0v) is 11.4. The molecule has 0 saturated heterocycles. The first-order valence-electron chi connectivity index (χ1n) is 5.75. The Labute approximate surface area is 102 Å². The molecule has 0 aromatic carbocycles. The molecule has 0 fully saturated rings. The lowest BCUT2D eigenvalue weighted by Gasteiger charge is -2.27. The lowest BCUT2D eigenvalue weighted by molar-refractivity contribution is 0.376. The van der Waals surface area contributed by atoms with Crippen LogP contribution in [0, 0.1) is 0 Å². The molecule has 1 atom stereocenters. The maximum Gasteiger partial charge on any atom is 0.114 e. The molecule has 1 nitrogen and oxygen atoms in total. The molecule has 0 bridgehead atoms. The van der Waals surface area contributed by atoms with Crippen molar-refractivity contribution >= 4 is 23.1 Å². The van der Waals surface area contributed by atoms with Gasteiger partial charge in [-0.25, -0.2) is 0 Å². The summed E-state index contributed by atoms with van der Waals surface area (Å²) in [6.07, 6.45) is 6.14. The largest absolute Gasteiger partial charge is 0.196 e. The average Bonchev–Trinajstić information content (AvgIpc) is 2.63. The summed E-state index contributed by atoms with van der Waals surface area (Å²) in [7, 11) is 0. The highest BCUT2D eigenvalue weighted by Crippen LogP contribution is 2.35. The van der Waals surface area contributed by atoms with E-state index in [0.29, 0.717) is 0 Å². The van der Waals surface area contributed by atoms with E-state index in [4.69, 9.17) is 11.6 Å². The second-order valence-corrected chi connectivity index (χ2v) is 5.87. The predicted octanol–water partition coefficient (Wildman–Crippen LogP) is 5.04. The third-order valence-electron chi connectivity index (χ3n) is 2.98. The molecule has 1 rings (SSSR count). The van der Waals surface area contributed by atoms with E-state index >= 15 is 0 Å². The smallest absolute Gasteiger partial charge is 0.114 e. The van der Waals surface area contributed by atoms with Crippen molar-refractivity contribution in [2.45, 2.75) is 58.3 Å². The first kappa shape index (κ1) is 13.0. The van der Waals surface area contributed by atoms with Gasteiger partial charge in [0, 0.05) is 5.41 Å². The first-order valence-corrected chi connectivity index (χ1v) is 6.90. The zero-order valence-electron chi connectivity index (χ0n) is 9.85. The van der Waals surface area contributed by atoms with Crippen LogP contribution in [0.4, 0.5) is 0 Å². The van der Waals surface area contributed by atoms with E-state index in [0.717, 1.165) is 4.34 Å². The Morgan fingerprint density at radius 3 is 2.53 bits per heavy atom. The van der Waals surface area contributed by atoms with Crippen LogP contribution >= 0.6 is 23.1 Å². The van der Waals surface area contributed by atoms with Crippen molar-refractivity contribution in [2.24, 2.45) is 0 Å². The monoisotopic (exact) mass is 245 g/mol. The predicted molar refractivity (Wildman–Crippen MR) is 68.9 cm³/mol. The minimum atomic E-state index is 0.231. The molecule has 1 unspecified atom stereocenters. The number of rotatable bonds is 6. The van der Waals surface area contributed by atoms with Crippen molar-refractivity contribution in [3.63, 3.8) is 0 Å². The fourth-order valence-electron chi connectivity index (χ4n) is 2.04. The average molecular weight is 246 g/mol. The van der Waals surface area contributed by atoms with Crippen molar-refractivity contribution in [3.05, 3.63) is 16.1 Å². The molecule has 1 aromatic rings. The molecule has 0 N–H and O–H groups in total. The third-order valence-corrected chi connectivity index (χ3v) is 3.88. The van der Waals surface area contributed by atoms with Gasteiger partial charge in [-0.05, 0) is 30.4 Å². The summed E-state index contributed by atoms with van der Waals surface area (Å²) in [6.45, 7) is 6.79. The number of halogens is 1. The highest BCUT2D eigenvalue weighted by molar-refractivity contribution is 7.10. The number of hydrogen-bond acceptors (Lipinski definition) is 2. The van der Waals surface area contributed by atoms with E-state index in [1.54, 1.807) is 0 Å². The van der Waals surface area contributed by atoms with Crippen molar-refractivity contribution in [3.8, 4) is 0 Å². The van der Waals surface area contributed by atoms with Gasteiger partial charge in [0.15, 0.2) is 0 Å². The van der Waals surface area contributed by atoms with Crippen LogP contribution in [-0.2, 0) is 5.41 Å². The lowest BCUT2D eigenvalue weighted by Crippen LogP contribution is -2.22. The molecule has 86 valence electrons. The molecule has 3 heteroatoms. The molecule has 0 aliphatic carbocycles. The highest BCUT2D eigenvalue weighted by atomic mass is 35.5. The summed E-state index contributed by atoms with van der Waals surface area (Å²) in [4.78, 5) is 0. The molecule has 0 radical (unpaired) electrons. The Hall–Kier alpha value is -0.0800. The van der Waals surface area contributed by atoms with Crippen LogP contribution in [0.3, 0.4) is 0 Å². The van der Waals surface area contributed by atoms with E-state index in [-0.39, 0.29) is 5.41 Å². The van der Waals surface area contributed by atoms with Gasteiger partial charge in [-0.1, -0.05) is 51.6 Å². The molecule has 0 spiro atoms. The van der Waals surface area contributed by atoms with Crippen molar-refractivity contribution in [2.75, 3.05) is 0 Å². The fourth-order valence-corrected chi connectivity index (χ4v) is 2.87. The molecule has 1 aromatic heterocycles. The summed E-state index contributed by atoms with van der Waals surface area (Å²) in [5.41, 5.74) is 1.42. The number of unbranched alkanes of at least 4 members (excludes halogenated alkanes) is 1. The van der Waals surface area contributed by atoms with Gasteiger partial charge in [-0.15, -0.1) is 0 Å². The van der Waals surface area contributed by atoms with Crippen LogP contribution in [-0.4, -0.2) is 4.37 Å².